The van der Waals surface area contributed by atoms with Crippen LogP contribution < -0.4 is 11.2 Å². The van der Waals surface area contributed by atoms with Crippen LogP contribution in [0.25, 0.3) is 0 Å². The van der Waals surface area contributed by atoms with Gasteiger partial charge in [-0.15, -0.1) is 6.42 Å². The third-order valence-electron chi connectivity index (χ3n) is 5.83. The number of rotatable bonds is 8. The molecule has 2 aliphatic carbocycles. The number of nitrogens with one attached hydrogen (secondary N) is 1. The van der Waals surface area contributed by atoms with Crippen LogP contribution in [0.2, 0.25) is 0 Å². The van der Waals surface area contributed by atoms with Gasteiger partial charge in [-0.2, -0.15) is 5.90 Å². The summed E-state index contributed by atoms with van der Waals surface area (Å²) in [5, 5.41) is 3.01. The first kappa shape index (κ1) is 21.7. The van der Waals surface area contributed by atoms with Crippen LogP contribution in [0.15, 0.2) is 0 Å². The minimum absolute atomic E-state index is 0.0159. The van der Waals surface area contributed by atoms with Gasteiger partial charge in [0.05, 0.1) is 18.1 Å². The molecular formula is C20H32N2O5. The minimum atomic E-state index is -0.437. The molecule has 0 heterocycles. The zero-order chi connectivity index (χ0) is 19.6. The summed E-state index contributed by atoms with van der Waals surface area (Å²) in [4.78, 5) is 28.6. The largest absolute Gasteiger partial charge is 0.379 e. The fraction of sp³-hybridized carbons (Fsp3) is 0.800. The van der Waals surface area contributed by atoms with Crippen LogP contribution in [0.3, 0.4) is 0 Å². The van der Waals surface area contributed by atoms with Crippen LogP contribution in [0.4, 0.5) is 0 Å². The van der Waals surface area contributed by atoms with Gasteiger partial charge in [-0.1, -0.05) is 18.8 Å². The first-order valence-corrected chi connectivity index (χ1v) is 9.86. The van der Waals surface area contributed by atoms with Crippen molar-refractivity contribution in [1.82, 2.24) is 5.32 Å². The summed E-state index contributed by atoms with van der Waals surface area (Å²) in [5.41, 5.74) is 0. The Bertz CT molecular complexity index is 533. The van der Waals surface area contributed by atoms with Crippen molar-refractivity contribution in [3.05, 3.63) is 0 Å². The maximum absolute atomic E-state index is 12.4. The Morgan fingerprint density at radius 1 is 1.19 bits per heavy atom. The minimum Gasteiger partial charge on any atom is -0.379 e. The normalized spacial score (nSPS) is 30.9. The van der Waals surface area contributed by atoms with Crippen molar-refractivity contribution < 1.29 is 23.9 Å². The molecule has 2 aliphatic rings. The molecular weight excluding hydrogens is 348 g/mol. The highest BCUT2D eigenvalue weighted by Crippen LogP contribution is 2.31. The van der Waals surface area contributed by atoms with Crippen LogP contribution in [0.5, 0.6) is 0 Å². The lowest BCUT2D eigenvalue weighted by atomic mass is 9.82. The maximum Gasteiger partial charge on any atom is 0.329 e. The van der Waals surface area contributed by atoms with E-state index in [9.17, 15) is 9.59 Å². The number of amides is 1. The third-order valence-corrected chi connectivity index (χ3v) is 5.83. The molecule has 7 nitrogen and oxygen atoms in total. The van der Waals surface area contributed by atoms with Gasteiger partial charge in [0.25, 0.3) is 0 Å². The van der Waals surface area contributed by atoms with Gasteiger partial charge < -0.3 is 19.6 Å². The standard InChI is InChI=1S/C20H32N2O5/c1-3-12-26-17-10-8-14(13-18(17)25-2)9-11-19(23)22-16-7-5-4-6-15(16)20(24)27-21/h1,14-18H,4-13,21H2,2H3,(H,22,23). The molecule has 0 aromatic heterocycles. The number of nitrogens with two attached hydrogens (primary N) is 1. The molecule has 3 N–H and O–H groups in total. The predicted octanol–water partition coefficient (Wildman–Crippen LogP) is 1.69. The lowest BCUT2D eigenvalue weighted by Crippen LogP contribution is -2.46. The molecule has 0 saturated heterocycles. The van der Waals surface area contributed by atoms with Crippen LogP contribution in [-0.2, 0) is 23.9 Å². The molecule has 5 unspecified atom stereocenters. The van der Waals surface area contributed by atoms with Gasteiger partial charge in [0.2, 0.25) is 5.91 Å². The molecule has 0 bridgehead atoms. The van der Waals surface area contributed by atoms with Gasteiger partial charge in [-0.3, -0.25) is 4.79 Å². The van der Waals surface area contributed by atoms with Crippen molar-refractivity contribution >= 4 is 11.9 Å². The maximum atomic E-state index is 12.4. The molecule has 152 valence electrons. The van der Waals surface area contributed by atoms with E-state index in [2.05, 4.69) is 16.1 Å². The Hall–Kier alpha value is -1.62. The van der Waals surface area contributed by atoms with Crippen LogP contribution in [-0.4, -0.2) is 43.8 Å². The molecule has 27 heavy (non-hydrogen) atoms. The Morgan fingerprint density at radius 2 is 1.96 bits per heavy atom. The van der Waals surface area contributed by atoms with E-state index in [1.54, 1.807) is 7.11 Å². The summed E-state index contributed by atoms with van der Waals surface area (Å²) in [6, 6.07) is -0.179. The molecule has 2 rings (SSSR count). The first-order chi connectivity index (χ1) is 13.1. The summed E-state index contributed by atoms with van der Waals surface area (Å²) in [7, 11) is 1.69. The van der Waals surface area contributed by atoms with E-state index in [1.165, 1.54) is 0 Å². The van der Waals surface area contributed by atoms with Crippen molar-refractivity contribution in [3.8, 4) is 12.3 Å². The van der Waals surface area contributed by atoms with Crippen molar-refractivity contribution in [2.24, 2.45) is 17.7 Å². The average Bonchev–Trinajstić information content (AvgIpc) is 2.70. The highest BCUT2D eigenvalue weighted by molar-refractivity contribution is 5.78. The molecule has 2 saturated carbocycles. The highest BCUT2D eigenvalue weighted by atomic mass is 16.7. The van der Waals surface area contributed by atoms with Crippen molar-refractivity contribution in [1.29, 1.82) is 0 Å². The summed E-state index contributed by atoms with van der Waals surface area (Å²) in [6.45, 7) is 0.297. The smallest absolute Gasteiger partial charge is 0.329 e. The Labute approximate surface area is 161 Å². The fourth-order valence-electron chi connectivity index (χ4n) is 4.33. The van der Waals surface area contributed by atoms with E-state index in [0.29, 0.717) is 25.4 Å². The number of hydrogen-bond donors (Lipinski definition) is 2. The highest BCUT2D eigenvalue weighted by Gasteiger charge is 2.34. The molecule has 2 fully saturated rings. The van der Waals surface area contributed by atoms with Crippen molar-refractivity contribution in [2.75, 3.05) is 13.7 Å². The van der Waals surface area contributed by atoms with E-state index >= 15 is 0 Å². The number of hydrogen-bond acceptors (Lipinski definition) is 6. The van der Waals surface area contributed by atoms with Crippen LogP contribution in [0.1, 0.15) is 57.8 Å². The summed E-state index contributed by atoms with van der Waals surface area (Å²) in [5.74, 6) is 7.14. The number of carbonyl (C=O) groups is 2. The second-order valence-corrected chi connectivity index (χ2v) is 7.55. The molecule has 0 spiro atoms. The molecule has 1 amide bonds. The van der Waals surface area contributed by atoms with Gasteiger partial charge in [0, 0.05) is 19.6 Å². The lowest BCUT2D eigenvalue weighted by molar-refractivity contribution is -0.151. The number of terminal acetylenes is 1. The molecule has 7 heteroatoms. The van der Waals surface area contributed by atoms with Crippen molar-refractivity contribution in [3.63, 3.8) is 0 Å². The Balaban J connectivity index is 1.76. The number of carbonyl (C=O) groups excluding carboxylic acids is 2. The van der Waals surface area contributed by atoms with Gasteiger partial charge in [-0.05, 0) is 44.4 Å². The van der Waals surface area contributed by atoms with Gasteiger partial charge in [-0.25, -0.2) is 4.79 Å². The first-order valence-electron chi connectivity index (χ1n) is 9.86. The average molecular weight is 380 g/mol. The second kappa shape index (κ2) is 11.3. The number of methoxy groups -OCH3 is 1. The number of ether oxygens (including phenoxy) is 2. The molecule has 0 aromatic rings. The second-order valence-electron chi connectivity index (χ2n) is 7.55. The zero-order valence-electron chi connectivity index (χ0n) is 16.2. The molecule has 5 atom stereocenters. The third kappa shape index (κ3) is 6.49. The van der Waals surface area contributed by atoms with E-state index in [-0.39, 0.29) is 30.1 Å². The quantitative estimate of drug-likeness (QED) is 0.491. The van der Waals surface area contributed by atoms with E-state index in [1.807, 2.05) is 0 Å². The predicted molar refractivity (Wildman–Crippen MR) is 100 cm³/mol. The van der Waals surface area contributed by atoms with E-state index < -0.39 is 5.97 Å². The van der Waals surface area contributed by atoms with Crippen LogP contribution >= 0.6 is 0 Å². The zero-order valence-corrected chi connectivity index (χ0v) is 16.2. The summed E-state index contributed by atoms with van der Waals surface area (Å²) < 4.78 is 11.2. The Morgan fingerprint density at radius 3 is 2.67 bits per heavy atom. The summed E-state index contributed by atoms with van der Waals surface area (Å²) in [6.07, 6.45) is 12.7. The molecule has 0 radical (unpaired) electrons. The van der Waals surface area contributed by atoms with Gasteiger partial charge >= 0.3 is 5.97 Å². The van der Waals surface area contributed by atoms with Crippen molar-refractivity contribution in [2.45, 2.75) is 76.0 Å². The SMILES string of the molecule is C#CCOC1CCC(CCC(=O)NC2CCCCC2C(=O)ON)CC1OC. The van der Waals surface area contributed by atoms with Gasteiger partial charge in [0.15, 0.2) is 0 Å². The summed E-state index contributed by atoms with van der Waals surface area (Å²) >= 11 is 0. The monoisotopic (exact) mass is 380 g/mol. The van der Waals surface area contributed by atoms with E-state index in [0.717, 1.165) is 44.9 Å². The topological polar surface area (TPSA) is 99.9 Å². The molecule has 0 aliphatic heterocycles. The molecule has 0 aromatic carbocycles. The van der Waals surface area contributed by atoms with E-state index in [4.69, 9.17) is 21.8 Å². The lowest BCUT2D eigenvalue weighted by Gasteiger charge is -2.35. The van der Waals surface area contributed by atoms with Gasteiger partial charge in [0.1, 0.15) is 6.61 Å². The van der Waals surface area contributed by atoms with Crippen LogP contribution in [0, 0.1) is 24.2 Å². The fourth-order valence-corrected chi connectivity index (χ4v) is 4.33. The Kier molecular flexibility index (Phi) is 9.05.